The van der Waals surface area contributed by atoms with Gasteiger partial charge in [-0.25, -0.2) is 8.42 Å². The molecule has 0 radical (unpaired) electrons. The second kappa shape index (κ2) is 8.22. The minimum absolute atomic E-state index is 0.0359. The molecule has 1 N–H and O–H groups in total. The third-order valence-corrected chi connectivity index (χ3v) is 5.13. The van der Waals surface area contributed by atoms with Crippen LogP contribution in [0.1, 0.15) is 33.6 Å². The molecule has 0 aliphatic heterocycles. The second-order valence-electron chi connectivity index (χ2n) is 5.53. The quantitative estimate of drug-likeness (QED) is 0.787. The van der Waals surface area contributed by atoms with Gasteiger partial charge in [-0.2, -0.15) is 0 Å². The molecule has 0 heterocycles. The van der Waals surface area contributed by atoms with Crippen molar-refractivity contribution in [2.45, 2.75) is 45.7 Å². The number of carbonyl (C=O) groups excluding carboxylic acids is 1. The predicted molar refractivity (Wildman–Crippen MR) is 95.8 cm³/mol. The first-order chi connectivity index (χ1) is 10.6. The molecule has 1 aromatic carbocycles. The fourth-order valence-corrected chi connectivity index (χ4v) is 3.91. The molecule has 0 unspecified atom stereocenters. The summed E-state index contributed by atoms with van der Waals surface area (Å²) in [4.78, 5) is 12.4. The first-order valence-electron chi connectivity index (χ1n) is 7.32. The predicted octanol–water partition coefficient (Wildman–Crippen LogP) is 3.45. The van der Waals surface area contributed by atoms with Gasteiger partial charge in [0.1, 0.15) is 6.04 Å². The average molecular weight is 381 g/mol. The molecular formula is C15H22Cl2N2O3S. The molecule has 23 heavy (non-hydrogen) atoms. The lowest BCUT2D eigenvalue weighted by atomic mass is 10.2. The van der Waals surface area contributed by atoms with Gasteiger partial charge in [-0.1, -0.05) is 36.5 Å². The van der Waals surface area contributed by atoms with E-state index >= 15 is 0 Å². The third kappa shape index (κ3) is 5.55. The van der Waals surface area contributed by atoms with Crippen molar-refractivity contribution in [3.63, 3.8) is 0 Å². The summed E-state index contributed by atoms with van der Waals surface area (Å²) in [5, 5.41) is 3.36. The van der Waals surface area contributed by atoms with Crippen molar-refractivity contribution in [3.05, 3.63) is 28.2 Å². The lowest BCUT2D eigenvalue weighted by molar-refractivity contribution is -0.122. The number of nitrogens with zero attached hydrogens (tertiary/aromatic N) is 1. The molecule has 0 aromatic heterocycles. The summed E-state index contributed by atoms with van der Waals surface area (Å²) in [6.45, 7) is 5.41. The van der Waals surface area contributed by atoms with Gasteiger partial charge in [-0.15, -0.1) is 0 Å². The normalized spacial score (nSPS) is 14.2. The van der Waals surface area contributed by atoms with Crippen molar-refractivity contribution < 1.29 is 13.2 Å². The minimum atomic E-state index is -3.72. The molecule has 1 aromatic rings. The molecule has 0 saturated carbocycles. The number of rotatable bonds is 7. The van der Waals surface area contributed by atoms with Crippen LogP contribution in [0.3, 0.4) is 0 Å². The Balaban J connectivity index is 3.17. The van der Waals surface area contributed by atoms with Gasteiger partial charge >= 0.3 is 0 Å². The van der Waals surface area contributed by atoms with Gasteiger partial charge in [-0.3, -0.25) is 9.10 Å². The van der Waals surface area contributed by atoms with Crippen molar-refractivity contribution >= 4 is 44.8 Å². The van der Waals surface area contributed by atoms with Crippen LogP contribution in [0.2, 0.25) is 10.0 Å². The Morgan fingerprint density at radius 3 is 2.43 bits per heavy atom. The van der Waals surface area contributed by atoms with Crippen molar-refractivity contribution in [1.29, 1.82) is 0 Å². The van der Waals surface area contributed by atoms with E-state index in [-0.39, 0.29) is 22.7 Å². The first-order valence-corrected chi connectivity index (χ1v) is 9.93. The van der Waals surface area contributed by atoms with Crippen molar-refractivity contribution in [2.75, 3.05) is 10.6 Å². The SMILES string of the molecule is CCC[C@@H](C)NC(=O)[C@H](C)N(c1cc(Cl)ccc1Cl)S(C)(=O)=O. The fourth-order valence-electron chi connectivity index (χ4n) is 2.30. The number of hydrogen-bond donors (Lipinski definition) is 1. The number of sulfonamides is 1. The van der Waals surface area contributed by atoms with E-state index in [1.165, 1.54) is 19.1 Å². The highest BCUT2D eigenvalue weighted by atomic mass is 35.5. The Hall–Kier alpha value is -0.980. The molecular weight excluding hydrogens is 359 g/mol. The van der Waals surface area contributed by atoms with E-state index < -0.39 is 16.1 Å². The number of anilines is 1. The highest BCUT2D eigenvalue weighted by Gasteiger charge is 2.31. The van der Waals surface area contributed by atoms with Crippen LogP contribution < -0.4 is 9.62 Å². The van der Waals surface area contributed by atoms with E-state index in [9.17, 15) is 13.2 Å². The van der Waals surface area contributed by atoms with E-state index in [4.69, 9.17) is 23.2 Å². The summed E-state index contributed by atoms with van der Waals surface area (Å²) in [5.41, 5.74) is 0.187. The molecule has 5 nitrogen and oxygen atoms in total. The third-order valence-electron chi connectivity index (χ3n) is 3.34. The summed E-state index contributed by atoms with van der Waals surface area (Å²) < 4.78 is 25.4. The van der Waals surface area contributed by atoms with Crippen molar-refractivity contribution in [3.8, 4) is 0 Å². The lowest BCUT2D eigenvalue weighted by Crippen LogP contribution is -2.50. The molecule has 0 bridgehead atoms. The molecule has 0 saturated heterocycles. The largest absolute Gasteiger partial charge is 0.352 e. The molecule has 0 aliphatic rings. The Morgan fingerprint density at radius 2 is 1.91 bits per heavy atom. The topological polar surface area (TPSA) is 66.5 Å². The van der Waals surface area contributed by atoms with Crippen LogP contribution in [0.5, 0.6) is 0 Å². The van der Waals surface area contributed by atoms with E-state index in [2.05, 4.69) is 5.32 Å². The average Bonchev–Trinajstić information content (AvgIpc) is 2.41. The van der Waals surface area contributed by atoms with Crippen LogP contribution in [0.15, 0.2) is 18.2 Å². The number of benzene rings is 1. The summed E-state index contributed by atoms with van der Waals surface area (Å²) in [5.74, 6) is -0.382. The summed E-state index contributed by atoms with van der Waals surface area (Å²) in [6.07, 6.45) is 2.77. The van der Waals surface area contributed by atoms with Gasteiger partial charge in [0.15, 0.2) is 0 Å². The lowest BCUT2D eigenvalue weighted by Gasteiger charge is -2.30. The van der Waals surface area contributed by atoms with Gasteiger partial charge in [0.05, 0.1) is 17.0 Å². The fraction of sp³-hybridized carbons (Fsp3) is 0.533. The number of hydrogen-bond acceptors (Lipinski definition) is 3. The highest BCUT2D eigenvalue weighted by molar-refractivity contribution is 7.92. The highest BCUT2D eigenvalue weighted by Crippen LogP contribution is 2.32. The monoisotopic (exact) mass is 380 g/mol. The Morgan fingerprint density at radius 1 is 1.30 bits per heavy atom. The van der Waals surface area contributed by atoms with Crippen LogP contribution in [-0.2, 0) is 14.8 Å². The van der Waals surface area contributed by atoms with E-state index in [0.29, 0.717) is 5.02 Å². The van der Waals surface area contributed by atoms with Gasteiger partial charge in [0, 0.05) is 11.1 Å². The van der Waals surface area contributed by atoms with Gasteiger partial charge in [0.25, 0.3) is 0 Å². The molecule has 0 spiro atoms. The van der Waals surface area contributed by atoms with Crippen LogP contribution in [0.25, 0.3) is 0 Å². The molecule has 1 rings (SSSR count). The molecule has 1 amide bonds. The molecule has 2 atom stereocenters. The molecule has 0 aliphatic carbocycles. The first kappa shape index (κ1) is 20.1. The second-order valence-corrected chi connectivity index (χ2v) is 8.23. The van der Waals surface area contributed by atoms with E-state index in [1.54, 1.807) is 6.07 Å². The smallest absolute Gasteiger partial charge is 0.243 e. The molecule has 130 valence electrons. The number of halogens is 2. The summed E-state index contributed by atoms with van der Waals surface area (Å²) in [7, 11) is -3.72. The molecule has 8 heteroatoms. The Bertz CT molecular complexity index is 665. The van der Waals surface area contributed by atoms with Gasteiger partial charge in [0.2, 0.25) is 15.9 Å². The van der Waals surface area contributed by atoms with Gasteiger partial charge < -0.3 is 5.32 Å². The van der Waals surface area contributed by atoms with Crippen molar-refractivity contribution in [1.82, 2.24) is 5.32 Å². The van der Waals surface area contributed by atoms with Crippen LogP contribution in [0.4, 0.5) is 5.69 Å². The van der Waals surface area contributed by atoms with Crippen LogP contribution in [-0.4, -0.2) is 32.7 Å². The maximum Gasteiger partial charge on any atom is 0.243 e. The van der Waals surface area contributed by atoms with E-state index in [0.717, 1.165) is 23.4 Å². The zero-order chi connectivity index (χ0) is 17.8. The Kier molecular flexibility index (Phi) is 7.17. The van der Waals surface area contributed by atoms with Gasteiger partial charge in [-0.05, 0) is 38.5 Å². The minimum Gasteiger partial charge on any atom is -0.352 e. The zero-order valence-electron chi connectivity index (χ0n) is 13.6. The standard InChI is InChI=1S/C15H22Cl2N2O3S/c1-5-6-10(2)18-15(20)11(3)19(23(4,21)22)14-9-12(16)7-8-13(14)17/h7-11H,5-6H2,1-4H3,(H,18,20)/t10-,11+/m1/s1. The Labute approximate surface area is 148 Å². The molecule has 0 fully saturated rings. The zero-order valence-corrected chi connectivity index (χ0v) is 16.0. The number of carbonyl (C=O) groups is 1. The maximum absolute atomic E-state index is 12.4. The van der Waals surface area contributed by atoms with E-state index in [1.807, 2.05) is 13.8 Å². The summed E-state index contributed by atoms with van der Waals surface area (Å²) >= 11 is 12.0. The number of amides is 1. The summed E-state index contributed by atoms with van der Waals surface area (Å²) in [6, 6.07) is 3.51. The number of nitrogens with one attached hydrogen (secondary N) is 1. The van der Waals surface area contributed by atoms with Crippen molar-refractivity contribution in [2.24, 2.45) is 0 Å². The maximum atomic E-state index is 12.4. The van der Waals surface area contributed by atoms with Crippen LogP contribution in [0, 0.1) is 0 Å². The van der Waals surface area contributed by atoms with Crippen LogP contribution >= 0.6 is 23.2 Å².